The first-order chi connectivity index (χ1) is 16.5. The van der Waals surface area contributed by atoms with Crippen molar-refractivity contribution in [2.45, 2.75) is 31.6 Å². The van der Waals surface area contributed by atoms with Gasteiger partial charge < -0.3 is 15.0 Å². The van der Waals surface area contributed by atoms with Gasteiger partial charge in [-0.2, -0.15) is 0 Å². The van der Waals surface area contributed by atoms with Crippen LogP contribution >= 0.6 is 11.3 Å². The summed E-state index contributed by atoms with van der Waals surface area (Å²) in [5, 5.41) is 5.72. The van der Waals surface area contributed by atoms with Crippen LogP contribution in [-0.2, 0) is 14.3 Å². The fraction of sp³-hybridized carbons (Fsp3) is 0.308. The van der Waals surface area contributed by atoms with E-state index in [-0.39, 0.29) is 36.5 Å². The fourth-order valence-corrected chi connectivity index (χ4v) is 5.04. The highest BCUT2D eigenvalue weighted by Crippen LogP contribution is 2.32. The van der Waals surface area contributed by atoms with Crippen molar-refractivity contribution in [3.8, 4) is 11.1 Å². The Balaban J connectivity index is 1.35. The topological polar surface area (TPSA) is 88.6 Å². The molecule has 0 saturated carbocycles. The fourth-order valence-electron chi connectivity index (χ4n) is 4.07. The van der Waals surface area contributed by atoms with Crippen molar-refractivity contribution in [2.75, 3.05) is 25.5 Å². The van der Waals surface area contributed by atoms with Crippen LogP contribution in [0.5, 0.6) is 0 Å². The van der Waals surface area contributed by atoms with E-state index in [0.717, 1.165) is 34.7 Å². The van der Waals surface area contributed by atoms with Gasteiger partial charge in [0.05, 0.1) is 18.5 Å². The van der Waals surface area contributed by atoms with E-state index in [0.29, 0.717) is 18.8 Å². The summed E-state index contributed by atoms with van der Waals surface area (Å²) in [6, 6.07) is 17.6. The number of nitrogens with one attached hydrogen (secondary N) is 1. The second-order valence-electron chi connectivity index (χ2n) is 8.17. The number of thiazole rings is 1. The zero-order valence-corrected chi connectivity index (χ0v) is 19.8. The third kappa shape index (κ3) is 5.69. The molecule has 8 heteroatoms. The molecule has 2 amide bonds. The third-order valence-electron chi connectivity index (χ3n) is 5.98. The maximum Gasteiger partial charge on any atom is 0.306 e. The first kappa shape index (κ1) is 23.6. The summed E-state index contributed by atoms with van der Waals surface area (Å²) >= 11 is 1.49. The number of likely N-dealkylation sites (tertiary alicyclic amines) is 1. The Morgan fingerprint density at radius 1 is 1.03 bits per heavy atom. The van der Waals surface area contributed by atoms with E-state index in [1.165, 1.54) is 18.4 Å². The first-order valence-corrected chi connectivity index (χ1v) is 12.2. The van der Waals surface area contributed by atoms with Gasteiger partial charge in [0.2, 0.25) is 5.91 Å². The van der Waals surface area contributed by atoms with Gasteiger partial charge in [0.1, 0.15) is 5.69 Å². The lowest BCUT2D eigenvalue weighted by Crippen LogP contribution is -2.38. The van der Waals surface area contributed by atoms with Crippen LogP contribution < -0.4 is 5.32 Å². The Bertz CT molecular complexity index is 1150. The normalized spacial score (nSPS) is 14.0. The quantitative estimate of drug-likeness (QED) is 0.498. The molecule has 1 N–H and O–H groups in total. The van der Waals surface area contributed by atoms with Crippen LogP contribution in [0.1, 0.15) is 47.1 Å². The standard InChI is InChI=1S/C26H27N3O4S/c1-33-24(31)12-11-23(30)29-15-13-19(14-16-29)26-28-22(17-34-26)25(32)27-21-10-6-5-9-20(21)18-7-3-2-4-8-18/h2-10,17,19H,11-16H2,1H3,(H,27,32). The van der Waals surface area contributed by atoms with Gasteiger partial charge in [-0.3, -0.25) is 14.4 Å². The summed E-state index contributed by atoms with van der Waals surface area (Å²) in [7, 11) is 1.32. The van der Waals surface area contributed by atoms with Gasteiger partial charge >= 0.3 is 5.97 Å². The molecule has 1 fully saturated rings. The van der Waals surface area contributed by atoms with Crippen LogP contribution in [-0.4, -0.2) is 47.9 Å². The highest BCUT2D eigenvalue weighted by molar-refractivity contribution is 7.10. The Morgan fingerprint density at radius 3 is 2.47 bits per heavy atom. The van der Waals surface area contributed by atoms with Gasteiger partial charge in [0.15, 0.2) is 0 Å². The average Bonchev–Trinajstić information content (AvgIpc) is 3.38. The molecule has 0 unspecified atom stereocenters. The summed E-state index contributed by atoms with van der Waals surface area (Å²) in [6.07, 6.45) is 1.85. The molecule has 0 bridgehead atoms. The molecule has 1 aliphatic heterocycles. The predicted molar refractivity (Wildman–Crippen MR) is 132 cm³/mol. The molecule has 0 spiro atoms. The Kier molecular flexibility index (Phi) is 7.69. The minimum atomic E-state index is -0.372. The molecule has 0 atom stereocenters. The minimum absolute atomic E-state index is 0.0277. The number of carbonyl (C=O) groups excluding carboxylic acids is 3. The van der Waals surface area contributed by atoms with E-state index in [1.54, 1.807) is 10.3 Å². The molecule has 2 aromatic carbocycles. The molecule has 3 aromatic rings. The third-order valence-corrected chi connectivity index (χ3v) is 6.99. The SMILES string of the molecule is COC(=O)CCC(=O)N1CCC(c2nc(C(=O)Nc3ccccc3-c3ccccc3)cs2)CC1. The summed E-state index contributed by atoms with van der Waals surface area (Å²) in [4.78, 5) is 42.9. The van der Waals surface area contributed by atoms with Crippen molar-refractivity contribution >= 4 is 34.8 Å². The molecule has 1 saturated heterocycles. The van der Waals surface area contributed by atoms with E-state index < -0.39 is 0 Å². The molecular formula is C26H27N3O4S. The maximum atomic E-state index is 12.9. The minimum Gasteiger partial charge on any atom is -0.469 e. The number of ether oxygens (including phenoxy) is 1. The van der Waals surface area contributed by atoms with Gasteiger partial charge in [-0.25, -0.2) is 4.98 Å². The molecular weight excluding hydrogens is 450 g/mol. The van der Waals surface area contributed by atoms with Crippen LogP contribution in [0.4, 0.5) is 5.69 Å². The number of nitrogens with zero attached hydrogens (tertiary/aromatic N) is 2. The van der Waals surface area contributed by atoms with Gasteiger partial charge in [0.25, 0.3) is 5.91 Å². The van der Waals surface area contributed by atoms with Crippen molar-refractivity contribution in [2.24, 2.45) is 0 Å². The van der Waals surface area contributed by atoms with E-state index >= 15 is 0 Å². The van der Waals surface area contributed by atoms with Gasteiger partial charge in [-0.1, -0.05) is 48.5 Å². The van der Waals surface area contributed by atoms with E-state index in [2.05, 4.69) is 15.0 Å². The second kappa shape index (κ2) is 11.1. The van der Waals surface area contributed by atoms with Crippen molar-refractivity contribution in [3.63, 3.8) is 0 Å². The number of rotatable bonds is 7. The Labute approximate surface area is 202 Å². The number of amides is 2. The van der Waals surface area contributed by atoms with E-state index in [9.17, 15) is 14.4 Å². The second-order valence-corrected chi connectivity index (χ2v) is 9.06. The van der Waals surface area contributed by atoms with E-state index in [1.807, 2.05) is 54.6 Å². The Morgan fingerprint density at radius 2 is 1.74 bits per heavy atom. The van der Waals surface area contributed by atoms with Crippen molar-refractivity contribution in [1.29, 1.82) is 0 Å². The van der Waals surface area contributed by atoms with Gasteiger partial charge in [-0.15, -0.1) is 11.3 Å². The summed E-state index contributed by atoms with van der Waals surface area (Å²) < 4.78 is 4.60. The maximum absolute atomic E-state index is 12.9. The van der Waals surface area contributed by atoms with Crippen LogP contribution in [0.25, 0.3) is 11.1 Å². The number of methoxy groups -OCH3 is 1. The molecule has 7 nitrogen and oxygen atoms in total. The number of para-hydroxylation sites is 1. The number of hydrogen-bond donors (Lipinski definition) is 1. The number of esters is 1. The van der Waals surface area contributed by atoms with Crippen molar-refractivity contribution in [1.82, 2.24) is 9.88 Å². The highest BCUT2D eigenvalue weighted by Gasteiger charge is 2.26. The lowest BCUT2D eigenvalue weighted by atomic mass is 9.97. The number of anilines is 1. The van der Waals surface area contributed by atoms with Crippen LogP contribution in [0.3, 0.4) is 0 Å². The first-order valence-electron chi connectivity index (χ1n) is 11.3. The van der Waals surface area contributed by atoms with Gasteiger partial charge in [0, 0.05) is 42.1 Å². The van der Waals surface area contributed by atoms with Crippen molar-refractivity contribution in [3.05, 3.63) is 70.7 Å². The van der Waals surface area contributed by atoms with Crippen LogP contribution in [0.2, 0.25) is 0 Å². The van der Waals surface area contributed by atoms with Crippen molar-refractivity contribution < 1.29 is 19.1 Å². The molecule has 1 aliphatic rings. The monoisotopic (exact) mass is 477 g/mol. The highest BCUT2D eigenvalue weighted by atomic mass is 32.1. The number of hydrogen-bond acceptors (Lipinski definition) is 6. The molecule has 4 rings (SSSR count). The average molecular weight is 478 g/mol. The molecule has 0 radical (unpaired) electrons. The lowest BCUT2D eigenvalue weighted by Gasteiger charge is -2.31. The lowest BCUT2D eigenvalue weighted by molar-refractivity contribution is -0.143. The number of aromatic nitrogens is 1. The summed E-state index contributed by atoms with van der Waals surface area (Å²) in [5.41, 5.74) is 3.13. The smallest absolute Gasteiger partial charge is 0.306 e. The molecule has 176 valence electrons. The van der Waals surface area contributed by atoms with Crippen LogP contribution in [0.15, 0.2) is 60.0 Å². The zero-order chi connectivity index (χ0) is 23.9. The molecule has 1 aromatic heterocycles. The molecule has 34 heavy (non-hydrogen) atoms. The zero-order valence-electron chi connectivity index (χ0n) is 19.0. The molecule has 2 heterocycles. The summed E-state index contributed by atoms with van der Waals surface area (Å²) in [6.45, 7) is 1.24. The summed E-state index contributed by atoms with van der Waals surface area (Å²) in [5.74, 6) is -0.419. The predicted octanol–water partition coefficient (Wildman–Crippen LogP) is 4.72. The number of carbonyl (C=O) groups is 3. The van der Waals surface area contributed by atoms with E-state index in [4.69, 9.17) is 0 Å². The Hall–Kier alpha value is -3.52. The largest absolute Gasteiger partial charge is 0.469 e. The number of piperidine rings is 1. The van der Waals surface area contributed by atoms with Crippen LogP contribution in [0, 0.1) is 0 Å². The van der Waals surface area contributed by atoms with Gasteiger partial charge in [-0.05, 0) is 24.5 Å². The number of benzene rings is 2. The molecule has 0 aliphatic carbocycles.